The van der Waals surface area contributed by atoms with Crippen LogP contribution < -0.4 is 0 Å². The fourth-order valence-electron chi connectivity index (χ4n) is 2.19. The molecular weight excluding hydrogens is 236 g/mol. The molecule has 2 unspecified atom stereocenters. The van der Waals surface area contributed by atoms with Crippen LogP contribution in [0.5, 0.6) is 0 Å². The number of hydrogen-bond donors (Lipinski definition) is 0. The zero-order valence-electron chi connectivity index (χ0n) is 13.2. The fraction of sp³-hybridized carbons (Fsp3) is 0.647. The van der Waals surface area contributed by atoms with Crippen LogP contribution in [0.2, 0.25) is 0 Å². The second kappa shape index (κ2) is 7.66. The van der Waals surface area contributed by atoms with E-state index in [-0.39, 0.29) is 12.2 Å². The van der Waals surface area contributed by atoms with Gasteiger partial charge in [0.25, 0.3) is 0 Å². The van der Waals surface area contributed by atoms with Gasteiger partial charge in [-0.25, -0.2) is 0 Å². The van der Waals surface area contributed by atoms with Crippen molar-refractivity contribution in [3.63, 3.8) is 0 Å². The van der Waals surface area contributed by atoms with Gasteiger partial charge in [0, 0.05) is 14.2 Å². The van der Waals surface area contributed by atoms with E-state index in [0.717, 1.165) is 12.8 Å². The summed E-state index contributed by atoms with van der Waals surface area (Å²) in [6.07, 6.45) is 2.45. The van der Waals surface area contributed by atoms with Crippen molar-refractivity contribution < 1.29 is 9.47 Å². The Morgan fingerprint density at radius 2 is 1.21 bits per heavy atom. The highest BCUT2D eigenvalue weighted by molar-refractivity contribution is 5.32. The average Bonchev–Trinajstić information content (AvgIpc) is 2.37. The molecule has 0 aliphatic rings. The lowest BCUT2D eigenvalue weighted by Gasteiger charge is -2.16. The van der Waals surface area contributed by atoms with Crippen molar-refractivity contribution in [2.24, 2.45) is 0 Å². The zero-order valence-corrected chi connectivity index (χ0v) is 13.2. The molecule has 1 rings (SSSR count). The summed E-state index contributed by atoms with van der Waals surface area (Å²) in [6.45, 7) is 8.70. The van der Waals surface area contributed by atoms with Gasteiger partial charge in [0.05, 0.1) is 12.2 Å². The number of rotatable bonds is 7. The Bertz CT molecular complexity index is 355. The maximum absolute atomic E-state index is 5.37. The Balaban J connectivity index is 2.96. The van der Waals surface area contributed by atoms with Crippen molar-refractivity contribution in [2.75, 3.05) is 14.2 Å². The first-order chi connectivity index (χ1) is 8.96. The molecule has 0 aliphatic heterocycles. The van der Waals surface area contributed by atoms with Gasteiger partial charge in [0.1, 0.15) is 0 Å². The molecule has 0 heterocycles. The van der Waals surface area contributed by atoms with Gasteiger partial charge in [0.2, 0.25) is 0 Å². The van der Waals surface area contributed by atoms with Gasteiger partial charge in [-0.3, -0.25) is 0 Å². The molecule has 0 amide bonds. The smallest absolute Gasteiger partial charge is 0.0583 e. The molecule has 0 bridgehead atoms. The molecule has 0 aliphatic carbocycles. The highest BCUT2D eigenvalue weighted by Crippen LogP contribution is 2.21. The maximum atomic E-state index is 5.37. The lowest BCUT2D eigenvalue weighted by Crippen LogP contribution is -2.12. The molecule has 2 heteroatoms. The van der Waals surface area contributed by atoms with Crippen molar-refractivity contribution >= 4 is 0 Å². The summed E-state index contributed by atoms with van der Waals surface area (Å²) in [6, 6.07) is 6.90. The number of benzene rings is 1. The Morgan fingerprint density at radius 3 is 1.53 bits per heavy atom. The molecule has 2 nitrogen and oxygen atoms in total. The van der Waals surface area contributed by atoms with Crippen LogP contribution in [-0.2, 0) is 22.3 Å². The Kier molecular flexibility index (Phi) is 6.53. The van der Waals surface area contributed by atoms with Crippen LogP contribution in [0.1, 0.15) is 50.3 Å². The molecule has 0 fully saturated rings. The van der Waals surface area contributed by atoms with E-state index in [0.29, 0.717) is 5.92 Å². The van der Waals surface area contributed by atoms with Gasteiger partial charge < -0.3 is 9.47 Å². The minimum absolute atomic E-state index is 0.259. The van der Waals surface area contributed by atoms with Crippen LogP contribution in [-0.4, -0.2) is 26.4 Å². The fourth-order valence-corrected chi connectivity index (χ4v) is 2.19. The standard InChI is InChI=1S/C17H28O2/c1-12(2)17-10-15(7-13(3)18-5)9-16(11-17)8-14(4)19-6/h9-14H,7-8H2,1-6H3. The normalized spacial score (nSPS) is 14.7. The van der Waals surface area contributed by atoms with Crippen LogP contribution in [0.4, 0.5) is 0 Å². The van der Waals surface area contributed by atoms with Crippen molar-refractivity contribution in [1.29, 1.82) is 0 Å². The van der Waals surface area contributed by atoms with Crippen LogP contribution in [0.3, 0.4) is 0 Å². The first kappa shape index (κ1) is 16.2. The molecule has 1 aromatic carbocycles. The third-order valence-corrected chi connectivity index (χ3v) is 3.59. The first-order valence-corrected chi connectivity index (χ1v) is 7.14. The SMILES string of the molecule is COC(C)Cc1cc(CC(C)OC)cc(C(C)C)c1. The molecule has 19 heavy (non-hydrogen) atoms. The van der Waals surface area contributed by atoms with Gasteiger partial charge >= 0.3 is 0 Å². The first-order valence-electron chi connectivity index (χ1n) is 7.14. The largest absolute Gasteiger partial charge is 0.381 e. The van der Waals surface area contributed by atoms with Gasteiger partial charge in [-0.2, -0.15) is 0 Å². The monoisotopic (exact) mass is 264 g/mol. The van der Waals surface area contributed by atoms with Gasteiger partial charge in [0.15, 0.2) is 0 Å². The summed E-state index contributed by atoms with van der Waals surface area (Å²) >= 11 is 0. The summed E-state index contributed by atoms with van der Waals surface area (Å²) in [7, 11) is 3.54. The highest BCUT2D eigenvalue weighted by Gasteiger charge is 2.09. The molecule has 0 spiro atoms. The summed E-state index contributed by atoms with van der Waals surface area (Å²) in [5, 5.41) is 0. The van der Waals surface area contributed by atoms with E-state index in [1.165, 1.54) is 16.7 Å². The molecule has 108 valence electrons. The maximum Gasteiger partial charge on any atom is 0.0583 e. The van der Waals surface area contributed by atoms with Crippen molar-refractivity contribution in [1.82, 2.24) is 0 Å². The average molecular weight is 264 g/mol. The van der Waals surface area contributed by atoms with Crippen LogP contribution in [0.15, 0.2) is 18.2 Å². The van der Waals surface area contributed by atoms with E-state index in [2.05, 4.69) is 45.9 Å². The van der Waals surface area contributed by atoms with E-state index in [1.807, 2.05) is 0 Å². The summed E-state index contributed by atoms with van der Waals surface area (Å²) in [5.41, 5.74) is 4.12. The highest BCUT2D eigenvalue weighted by atomic mass is 16.5. The summed E-state index contributed by atoms with van der Waals surface area (Å²) < 4.78 is 10.7. The van der Waals surface area contributed by atoms with Crippen LogP contribution in [0.25, 0.3) is 0 Å². The lowest BCUT2D eigenvalue weighted by atomic mass is 9.94. The summed E-state index contributed by atoms with van der Waals surface area (Å²) in [5.74, 6) is 0.550. The second-order valence-electron chi connectivity index (χ2n) is 5.74. The minimum atomic E-state index is 0.259. The molecule has 0 N–H and O–H groups in total. The lowest BCUT2D eigenvalue weighted by molar-refractivity contribution is 0.117. The molecule has 0 aromatic heterocycles. The predicted molar refractivity (Wildman–Crippen MR) is 80.9 cm³/mol. The zero-order chi connectivity index (χ0) is 14.4. The molecule has 2 atom stereocenters. The summed E-state index contributed by atoms with van der Waals surface area (Å²) in [4.78, 5) is 0. The molecule has 1 aromatic rings. The third-order valence-electron chi connectivity index (χ3n) is 3.59. The quantitative estimate of drug-likeness (QED) is 0.742. The number of methoxy groups -OCH3 is 2. The van der Waals surface area contributed by atoms with E-state index >= 15 is 0 Å². The van der Waals surface area contributed by atoms with Gasteiger partial charge in [-0.05, 0) is 49.3 Å². The van der Waals surface area contributed by atoms with Gasteiger partial charge in [-0.15, -0.1) is 0 Å². The Hall–Kier alpha value is -0.860. The van der Waals surface area contributed by atoms with Gasteiger partial charge in [-0.1, -0.05) is 32.0 Å². The third kappa shape index (κ3) is 5.33. The van der Waals surface area contributed by atoms with Crippen LogP contribution >= 0.6 is 0 Å². The van der Waals surface area contributed by atoms with Crippen molar-refractivity contribution in [2.45, 2.75) is 58.7 Å². The molecule has 0 radical (unpaired) electrons. The van der Waals surface area contributed by atoms with E-state index in [4.69, 9.17) is 9.47 Å². The predicted octanol–water partition coefficient (Wildman–Crippen LogP) is 3.96. The topological polar surface area (TPSA) is 18.5 Å². The van der Waals surface area contributed by atoms with Crippen molar-refractivity contribution in [3.8, 4) is 0 Å². The molecule has 0 saturated carbocycles. The minimum Gasteiger partial charge on any atom is -0.381 e. The number of ether oxygens (including phenoxy) is 2. The van der Waals surface area contributed by atoms with E-state index < -0.39 is 0 Å². The number of hydrogen-bond acceptors (Lipinski definition) is 2. The van der Waals surface area contributed by atoms with Crippen molar-refractivity contribution in [3.05, 3.63) is 34.9 Å². The molecule has 0 saturated heterocycles. The Labute approximate surface area is 118 Å². The Morgan fingerprint density at radius 1 is 0.789 bits per heavy atom. The van der Waals surface area contributed by atoms with E-state index in [9.17, 15) is 0 Å². The molecular formula is C17H28O2. The van der Waals surface area contributed by atoms with E-state index in [1.54, 1.807) is 14.2 Å². The second-order valence-corrected chi connectivity index (χ2v) is 5.74. The van der Waals surface area contributed by atoms with Crippen LogP contribution in [0, 0.1) is 0 Å².